The minimum absolute atomic E-state index is 0.0286. The SMILES string of the molecule is C=CCON=O.CC.CC(C)(C)OC(=O)NC1CC[C@H](C(=O)OCc2ccccc2)C1. The van der Waals surface area contributed by atoms with Crippen LogP contribution in [0.25, 0.3) is 0 Å². The number of alkyl carbamates (subject to hydrolysis) is 1. The van der Waals surface area contributed by atoms with Gasteiger partial charge in [-0.15, -0.1) is 4.91 Å². The van der Waals surface area contributed by atoms with Crippen molar-refractivity contribution in [3.8, 4) is 0 Å². The number of hydrogen-bond acceptors (Lipinski definition) is 7. The molecule has 31 heavy (non-hydrogen) atoms. The molecule has 8 nitrogen and oxygen atoms in total. The number of carbonyl (C=O) groups excluding carboxylic acids is 2. The van der Waals surface area contributed by atoms with Gasteiger partial charge in [0, 0.05) is 6.04 Å². The summed E-state index contributed by atoms with van der Waals surface area (Å²) in [6, 6.07) is 9.58. The Kier molecular flexibility index (Phi) is 14.4. The maximum absolute atomic E-state index is 12.1. The number of nitrogens with one attached hydrogen (secondary N) is 1. The Morgan fingerprint density at radius 2 is 1.84 bits per heavy atom. The maximum Gasteiger partial charge on any atom is 0.407 e. The Balaban J connectivity index is 0.000000970. The third kappa shape index (κ3) is 13.9. The monoisotopic (exact) mass is 436 g/mol. The summed E-state index contributed by atoms with van der Waals surface area (Å²) in [5.74, 6) is -0.346. The Labute approximate surface area is 185 Å². The highest BCUT2D eigenvalue weighted by atomic mass is 16.7. The normalized spacial score (nSPS) is 16.9. The van der Waals surface area contributed by atoms with Gasteiger partial charge in [0.15, 0.2) is 5.34 Å². The molecule has 2 rings (SSSR count). The molecule has 174 valence electrons. The number of esters is 1. The lowest BCUT2D eigenvalue weighted by atomic mass is 10.1. The van der Waals surface area contributed by atoms with E-state index in [1.165, 1.54) is 6.08 Å². The molecular weight excluding hydrogens is 400 g/mol. The molecule has 0 spiro atoms. The van der Waals surface area contributed by atoms with Crippen molar-refractivity contribution < 1.29 is 23.9 Å². The van der Waals surface area contributed by atoms with Crippen molar-refractivity contribution in [2.24, 2.45) is 11.3 Å². The third-order valence-electron chi connectivity index (χ3n) is 3.96. The van der Waals surface area contributed by atoms with E-state index >= 15 is 0 Å². The van der Waals surface area contributed by atoms with Crippen LogP contribution in [-0.2, 0) is 25.7 Å². The lowest BCUT2D eigenvalue weighted by Gasteiger charge is -2.21. The first kappa shape index (κ1) is 28.1. The molecule has 1 aliphatic rings. The molecule has 8 heteroatoms. The molecule has 1 aromatic carbocycles. The van der Waals surface area contributed by atoms with Crippen molar-refractivity contribution in [2.75, 3.05) is 6.61 Å². The molecule has 1 saturated carbocycles. The summed E-state index contributed by atoms with van der Waals surface area (Å²) in [7, 11) is 0. The standard InChI is InChI=1S/C18H25NO4.C3H5NO2.C2H6/c1-18(2,3)23-17(21)19-15-10-9-14(11-15)16(20)22-12-13-7-5-4-6-8-13;1-2-3-6-4-5;1-2/h4-8,14-15H,9-12H2,1-3H3,(H,19,21);2H,1,3H2;1-2H3/t14-,15?;;/m0../s1. The average Bonchev–Trinajstić information content (AvgIpc) is 3.20. The van der Waals surface area contributed by atoms with Crippen LogP contribution in [-0.4, -0.2) is 30.3 Å². The lowest BCUT2D eigenvalue weighted by Crippen LogP contribution is -2.38. The molecule has 1 fully saturated rings. The quantitative estimate of drug-likeness (QED) is 0.204. The first-order valence-corrected chi connectivity index (χ1v) is 10.5. The molecule has 1 N–H and O–H groups in total. The van der Waals surface area contributed by atoms with Gasteiger partial charge in [-0.3, -0.25) is 4.79 Å². The molecule has 1 amide bonds. The van der Waals surface area contributed by atoms with E-state index in [0.29, 0.717) is 13.0 Å². The van der Waals surface area contributed by atoms with Crippen molar-refractivity contribution in [1.82, 2.24) is 5.32 Å². The van der Waals surface area contributed by atoms with Crippen LogP contribution in [0.15, 0.2) is 48.3 Å². The van der Waals surface area contributed by atoms with Gasteiger partial charge in [-0.1, -0.05) is 56.8 Å². The van der Waals surface area contributed by atoms with Crippen LogP contribution in [0.2, 0.25) is 0 Å². The highest BCUT2D eigenvalue weighted by Gasteiger charge is 2.32. The first-order valence-electron chi connectivity index (χ1n) is 10.5. The second-order valence-corrected chi connectivity index (χ2v) is 7.61. The van der Waals surface area contributed by atoms with Crippen LogP contribution >= 0.6 is 0 Å². The number of ether oxygens (including phenoxy) is 2. The highest BCUT2D eigenvalue weighted by molar-refractivity contribution is 5.73. The van der Waals surface area contributed by atoms with Gasteiger partial charge in [-0.05, 0) is 45.6 Å². The molecule has 0 saturated heterocycles. The van der Waals surface area contributed by atoms with E-state index in [9.17, 15) is 9.59 Å². The number of carbonyl (C=O) groups is 2. The zero-order chi connectivity index (χ0) is 23.7. The van der Waals surface area contributed by atoms with Crippen molar-refractivity contribution in [2.45, 2.75) is 72.1 Å². The predicted octanol–water partition coefficient (Wildman–Crippen LogP) is 5.32. The second-order valence-electron chi connectivity index (χ2n) is 7.61. The van der Waals surface area contributed by atoms with Gasteiger partial charge < -0.3 is 19.6 Å². The number of nitrogens with zero attached hydrogens (tertiary/aromatic N) is 1. The zero-order valence-electron chi connectivity index (χ0n) is 19.3. The molecule has 0 aromatic heterocycles. The van der Waals surface area contributed by atoms with Gasteiger partial charge in [0.05, 0.1) is 5.92 Å². The Morgan fingerprint density at radius 3 is 2.35 bits per heavy atom. The van der Waals surface area contributed by atoms with Crippen molar-refractivity contribution in [3.05, 3.63) is 53.5 Å². The maximum atomic E-state index is 12.1. The second kappa shape index (κ2) is 15.9. The fourth-order valence-corrected chi connectivity index (χ4v) is 2.73. The number of hydrogen-bond donors (Lipinski definition) is 1. The summed E-state index contributed by atoms with van der Waals surface area (Å²) in [4.78, 5) is 36.8. The van der Waals surface area contributed by atoms with E-state index in [0.717, 1.165) is 18.4 Å². The summed E-state index contributed by atoms with van der Waals surface area (Å²) in [6.45, 7) is 13.2. The summed E-state index contributed by atoms with van der Waals surface area (Å²) < 4.78 is 10.6. The lowest BCUT2D eigenvalue weighted by molar-refractivity contribution is -0.149. The van der Waals surface area contributed by atoms with Crippen molar-refractivity contribution >= 4 is 12.1 Å². The van der Waals surface area contributed by atoms with Gasteiger partial charge in [0.25, 0.3) is 0 Å². The van der Waals surface area contributed by atoms with E-state index in [2.05, 4.69) is 22.1 Å². The van der Waals surface area contributed by atoms with E-state index in [-0.39, 0.29) is 24.5 Å². The summed E-state index contributed by atoms with van der Waals surface area (Å²) >= 11 is 0. The van der Waals surface area contributed by atoms with Gasteiger partial charge in [0.1, 0.15) is 18.8 Å². The molecule has 0 bridgehead atoms. The number of amides is 1. The fraction of sp³-hybridized carbons (Fsp3) is 0.565. The van der Waals surface area contributed by atoms with E-state index in [1.54, 1.807) is 0 Å². The van der Waals surface area contributed by atoms with Crippen LogP contribution in [0, 0.1) is 10.8 Å². The topological polar surface area (TPSA) is 103 Å². The smallest absolute Gasteiger partial charge is 0.407 e. The van der Waals surface area contributed by atoms with Gasteiger partial charge in [-0.25, -0.2) is 4.79 Å². The molecule has 1 aliphatic carbocycles. The van der Waals surface area contributed by atoms with Crippen LogP contribution in [0.5, 0.6) is 0 Å². The molecule has 0 heterocycles. The Hall–Kier alpha value is -2.90. The van der Waals surface area contributed by atoms with Gasteiger partial charge in [0.2, 0.25) is 0 Å². The van der Waals surface area contributed by atoms with Gasteiger partial charge in [-0.2, -0.15) is 0 Å². The predicted molar refractivity (Wildman–Crippen MR) is 120 cm³/mol. The highest BCUT2D eigenvalue weighted by Crippen LogP contribution is 2.27. The summed E-state index contributed by atoms with van der Waals surface area (Å²) in [5, 5.41) is 4.93. The van der Waals surface area contributed by atoms with Crippen molar-refractivity contribution in [3.63, 3.8) is 0 Å². The fourth-order valence-electron chi connectivity index (χ4n) is 2.73. The number of benzene rings is 1. The van der Waals surface area contributed by atoms with Gasteiger partial charge >= 0.3 is 12.1 Å². The minimum atomic E-state index is -0.517. The molecule has 1 aromatic rings. The largest absolute Gasteiger partial charge is 0.461 e. The average molecular weight is 437 g/mol. The first-order chi connectivity index (χ1) is 14.7. The molecule has 1 unspecified atom stereocenters. The minimum Gasteiger partial charge on any atom is -0.461 e. The number of rotatable bonds is 7. The van der Waals surface area contributed by atoms with E-state index < -0.39 is 11.7 Å². The van der Waals surface area contributed by atoms with E-state index in [1.807, 2.05) is 65.0 Å². The van der Waals surface area contributed by atoms with Crippen LogP contribution in [0.3, 0.4) is 0 Å². The third-order valence-corrected chi connectivity index (χ3v) is 3.96. The van der Waals surface area contributed by atoms with Crippen LogP contribution < -0.4 is 5.32 Å². The van der Waals surface area contributed by atoms with Crippen molar-refractivity contribution in [1.29, 1.82) is 0 Å². The van der Waals surface area contributed by atoms with Crippen LogP contribution in [0.1, 0.15) is 59.4 Å². The van der Waals surface area contributed by atoms with E-state index in [4.69, 9.17) is 14.4 Å². The van der Waals surface area contributed by atoms with Crippen LogP contribution in [0.4, 0.5) is 4.79 Å². The summed E-state index contributed by atoms with van der Waals surface area (Å²) in [5.41, 5.74) is 0.457. The molecular formula is C23H36N2O6. The Morgan fingerprint density at radius 1 is 1.19 bits per heavy atom. The zero-order valence-corrected chi connectivity index (χ0v) is 19.3. The molecule has 2 atom stereocenters. The summed E-state index contributed by atoms with van der Waals surface area (Å²) in [6.07, 6.45) is 3.12. The molecule has 0 aliphatic heterocycles. The molecule has 0 radical (unpaired) electrons. The Bertz CT molecular complexity index is 650.